The van der Waals surface area contributed by atoms with Gasteiger partial charge >= 0.3 is 5.97 Å². The second-order valence-corrected chi connectivity index (χ2v) is 23.6. The van der Waals surface area contributed by atoms with Crippen molar-refractivity contribution >= 4 is 50.7 Å². The van der Waals surface area contributed by atoms with E-state index < -0.39 is 23.8 Å². The van der Waals surface area contributed by atoms with Crippen molar-refractivity contribution in [1.82, 2.24) is 29.7 Å². The molecular formula is C61H65Cl2FN6O11S. The predicted octanol–water partition coefficient (Wildman–Crippen LogP) is 10.4. The highest BCUT2D eigenvalue weighted by Crippen LogP contribution is 2.53. The lowest BCUT2D eigenvalue weighted by Crippen LogP contribution is -2.49. The summed E-state index contributed by atoms with van der Waals surface area (Å²) >= 11 is 16.2. The van der Waals surface area contributed by atoms with E-state index in [0.29, 0.717) is 121 Å². The molecule has 17 nitrogen and oxygen atoms in total. The second kappa shape index (κ2) is 24.9. The number of thiophene rings is 1. The summed E-state index contributed by atoms with van der Waals surface area (Å²) in [6, 6.07) is 21.0. The molecule has 7 aromatic rings. The average Bonchev–Trinajstić information content (AvgIpc) is 3.06. The van der Waals surface area contributed by atoms with Crippen molar-refractivity contribution in [1.29, 1.82) is 0 Å². The van der Waals surface area contributed by atoms with Gasteiger partial charge in [0.1, 0.15) is 90.2 Å². The van der Waals surface area contributed by atoms with E-state index in [0.717, 1.165) is 36.6 Å². The molecule has 0 saturated carbocycles. The van der Waals surface area contributed by atoms with Gasteiger partial charge in [-0.2, -0.15) is 0 Å². The van der Waals surface area contributed by atoms with Crippen LogP contribution in [0.15, 0.2) is 85.3 Å². The maximum absolute atomic E-state index is 14.7. The Kier molecular flexibility index (Phi) is 17.5. The maximum Gasteiger partial charge on any atom is 0.348 e. The number of piperazine rings is 1. The van der Waals surface area contributed by atoms with E-state index in [1.807, 2.05) is 50.2 Å². The molecule has 82 heavy (non-hydrogen) atoms. The minimum atomic E-state index is -1.29. The average molecular weight is 1180 g/mol. The number of hydrogen-bond donors (Lipinski definition) is 0. The number of halogens is 3. The summed E-state index contributed by atoms with van der Waals surface area (Å²) in [6.07, 6.45) is 0.672. The van der Waals surface area contributed by atoms with Crippen LogP contribution in [0.5, 0.6) is 28.9 Å². The summed E-state index contributed by atoms with van der Waals surface area (Å²) in [4.78, 5) is 39.5. The molecule has 0 unspecified atom stereocenters. The van der Waals surface area contributed by atoms with E-state index >= 15 is 0 Å². The molecule has 3 aromatic heterocycles. The molecule has 0 aliphatic carbocycles. The largest absolute Gasteiger partial charge is 0.491 e. The number of nitrogens with zero attached hydrogens (tertiary/aromatic N) is 6. The van der Waals surface area contributed by atoms with Crippen LogP contribution >= 0.6 is 34.5 Å². The molecule has 0 radical (unpaired) electrons. The van der Waals surface area contributed by atoms with Crippen LogP contribution in [-0.2, 0) is 41.5 Å². The Labute approximate surface area is 489 Å². The number of hydrogen-bond acceptors (Lipinski definition) is 18. The summed E-state index contributed by atoms with van der Waals surface area (Å²) in [5.41, 5.74) is 4.44. The highest BCUT2D eigenvalue weighted by Gasteiger charge is 2.48. The first-order chi connectivity index (χ1) is 39.6. The zero-order valence-electron chi connectivity index (χ0n) is 46.7. The van der Waals surface area contributed by atoms with Gasteiger partial charge in [-0.3, -0.25) is 4.90 Å². The summed E-state index contributed by atoms with van der Waals surface area (Å²) < 4.78 is 77.1. The lowest BCUT2D eigenvalue weighted by molar-refractivity contribution is -0.163. The number of ether oxygens (including phenoxy) is 10. The monoisotopic (exact) mass is 1180 g/mol. The Morgan fingerprint density at radius 2 is 1.54 bits per heavy atom. The van der Waals surface area contributed by atoms with Crippen LogP contribution in [0.1, 0.15) is 43.2 Å². The fourth-order valence-electron chi connectivity index (χ4n) is 10.7. The summed E-state index contributed by atoms with van der Waals surface area (Å²) in [5.74, 6) is 1.49. The van der Waals surface area contributed by atoms with E-state index in [2.05, 4.69) is 21.8 Å². The highest BCUT2D eigenvalue weighted by molar-refractivity contribution is 7.22. The SMILES string of the molecule is CO[C@@H]1CO[C@H]2[C@@H]1OC[C@H]2OCCOc1ccc(-c2nccc(COc3ccc4cc3C[C@H](C(=O)OC(C)(C)C)Oc3ncnc5sc(-c6ccc(F)cc6)c(c35)-c3c(C)c(Cl)c(c(Cl)c3C)O[C@H](CN3CCN(C)CC3)CO4)n2)cc1. The van der Waals surface area contributed by atoms with Gasteiger partial charge in [0.15, 0.2) is 11.6 Å². The number of carbonyl (C=O) groups excluding carboxylic acids is 1. The van der Waals surface area contributed by atoms with Crippen molar-refractivity contribution < 1.29 is 56.6 Å². The molecule has 12 rings (SSSR count). The van der Waals surface area contributed by atoms with Gasteiger partial charge in [-0.15, -0.1) is 11.3 Å². The molecule has 4 aromatic carbocycles. The molecule has 3 saturated heterocycles. The van der Waals surface area contributed by atoms with Crippen molar-refractivity contribution in [3.05, 3.63) is 124 Å². The number of carbonyl (C=O) groups is 1. The van der Waals surface area contributed by atoms with Crippen LogP contribution in [0.4, 0.5) is 4.39 Å². The van der Waals surface area contributed by atoms with Crippen LogP contribution in [0.25, 0.3) is 43.2 Å². The molecule has 4 bridgehead atoms. The van der Waals surface area contributed by atoms with E-state index in [-0.39, 0.29) is 55.7 Å². The quantitative estimate of drug-likeness (QED) is 0.0744. The lowest BCUT2D eigenvalue weighted by Gasteiger charge is -2.35. The zero-order chi connectivity index (χ0) is 57.2. The molecule has 5 aliphatic heterocycles. The highest BCUT2D eigenvalue weighted by atomic mass is 35.5. The first-order valence-electron chi connectivity index (χ1n) is 27.4. The number of rotatable bonds is 14. The van der Waals surface area contributed by atoms with Gasteiger partial charge in [0.2, 0.25) is 12.0 Å². The van der Waals surface area contributed by atoms with Gasteiger partial charge < -0.3 is 52.3 Å². The Hall–Kier alpha value is -6.26. The van der Waals surface area contributed by atoms with E-state index in [1.54, 1.807) is 58.3 Å². The Morgan fingerprint density at radius 1 is 0.817 bits per heavy atom. The Morgan fingerprint density at radius 3 is 2.27 bits per heavy atom. The Balaban J connectivity index is 0.908. The fourth-order valence-corrected chi connectivity index (χ4v) is 12.3. The molecule has 6 atom stereocenters. The number of aromatic nitrogens is 4. The first-order valence-corrected chi connectivity index (χ1v) is 28.9. The summed E-state index contributed by atoms with van der Waals surface area (Å²) in [6.45, 7) is 15.0. The second-order valence-electron chi connectivity index (χ2n) is 21.8. The smallest absolute Gasteiger partial charge is 0.348 e. The van der Waals surface area contributed by atoms with Crippen molar-refractivity contribution in [2.45, 2.75) is 89.9 Å². The number of esters is 1. The minimum Gasteiger partial charge on any atom is -0.491 e. The first kappa shape index (κ1) is 57.6. The van der Waals surface area contributed by atoms with Gasteiger partial charge in [-0.25, -0.2) is 29.1 Å². The number of benzene rings is 4. The molecule has 432 valence electrons. The number of likely N-dealkylation sites (N-methyl/N-ethyl adjacent to an activating group) is 1. The predicted molar refractivity (Wildman–Crippen MR) is 309 cm³/mol. The topological polar surface area (TPSA) is 167 Å². The third-order valence-corrected chi connectivity index (χ3v) is 17.0. The van der Waals surface area contributed by atoms with Crippen LogP contribution in [0, 0.1) is 19.7 Å². The van der Waals surface area contributed by atoms with E-state index in [1.165, 1.54) is 29.8 Å². The number of methoxy groups -OCH3 is 1. The molecule has 0 spiro atoms. The van der Waals surface area contributed by atoms with Crippen molar-refractivity contribution in [2.75, 3.05) is 79.9 Å². The summed E-state index contributed by atoms with van der Waals surface area (Å²) in [5, 5.41) is 1.12. The normalized spacial score (nSPS) is 21.3. The molecule has 8 heterocycles. The van der Waals surface area contributed by atoms with Gasteiger partial charge in [-0.05, 0) is 125 Å². The summed E-state index contributed by atoms with van der Waals surface area (Å²) in [7, 11) is 3.77. The van der Waals surface area contributed by atoms with Crippen LogP contribution in [0.2, 0.25) is 10.0 Å². The molecule has 21 heteroatoms. The third kappa shape index (κ3) is 12.8. The molecular weight excluding hydrogens is 1110 g/mol. The van der Waals surface area contributed by atoms with E-state index in [4.69, 9.17) is 85.5 Å². The van der Waals surface area contributed by atoms with E-state index in [9.17, 15) is 9.18 Å². The molecule has 0 amide bonds. The van der Waals surface area contributed by atoms with Crippen molar-refractivity contribution in [2.24, 2.45) is 0 Å². The van der Waals surface area contributed by atoms with Crippen LogP contribution in [0.3, 0.4) is 0 Å². The van der Waals surface area contributed by atoms with Gasteiger partial charge in [0.05, 0.1) is 40.9 Å². The molecule has 3 fully saturated rings. The van der Waals surface area contributed by atoms with Crippen LogP contribution < -0.4 is 23.7 Å². The fraction of sp³-hybridized carbons (Fsp3) is 0.426. The van der Waals surface area contributed by atoms with Crippen molar-refractivity contribution in [3.63, 3.8) is 0 Å². The zero-order valence-corrected chi connectivity index (χ0v) is 49.1. The Bertz CT molecular complexity index is 3390. The maximum atomic E-state index is 14.7. The molecule has 5 aliphatic rings. The van der Waals surface area contributed by atoms with Gasteiger partial charge in [-0.1, -0.05) is 35.3 Å². The third-order valence-electron chi connectivity index (χ3n) is 14.9. The van der Waals surface area contributed by atoms with Crippen LogP contribution in [-0.4, -0.2) is 158 Å². The van der Waals surface area contributed by atoms with Gasteiger partial charge in [0, 0.05) is 74.0 Å². The number of fused-ring (bicyclic) bond motifs is 8. The standard InChI is InChI=1S/C61H65Cl2FN6O11S/c1-34-48-35(2)52(63)55(51(34)62)79-43(28-70-22-20-69(6)21-23-70)30-75-42-16-17-44(76-29-40-18-19-65-57(68-40)37-10-14-41(15-11-37)73-24-25-74-47-32-78-53-46(72-7)31-77-54(47)53)38(26-42)27-45(60(71)81-61(3,4)5)80-58-50-49(48)56(82-59(50)67-33-66-58)36-8-12-39(64)13-9-36/h8-19,26,33,43,45-47,53-54H,20-25,27-32H2,1-7H3/t43-,45-,46-,47-,53-,54-/m1/s1. The molecule has 0 N–H and O–H groups in total. The van der Waals surface area contributed by atoms with Crippen molar-refractivity contribution in [3.8, 4) is 61.8 Å². The van der Waals surface area contributed by atoms with Gasteiger partial charge in [0.25, 0.3) is 0 Å². The lowest BCUT2D eigenvalue weighted by atomic mass is 9.92. The minimum absolute atomic E-state index is 0.0437.